The molecule has 0 aromatic rings. The van der Waals surface area contributed by atoms with Crippen LogP contribution in [0, 0.1) is 0 Å². The van der Waals surface area contributed by atoms with E-state index in [0.29, 0.717) is 19.4 Å². The summed E-state index contributed by atoms with van der Waals surface area (Å²) in [5.41, 5.74) is -1.21. The SMILES string of the molecule is CCCC(C)(NS(=O)(=O)CCOCC)C(=O)OC. The number of ether oxygens (including phenoxy) is 2. The minimum Gasteiger partial charge on any atom is -0.468 e. The second kappa shape index (κ2) is 7.70. The maximum atomic E-state index is 11.8. The Balaban J connectivity index is 4.71. The first-order valence-electron chi connectivity index (χ1n) is 5.99. The van der Waals surface area contributed by atoms with Gasteiger partial charge in [0, 0.05) is 6.61 Å². The highest BCUT2D eigenvalue weighted by molar-refractivity contribution is 7.89. The second-order valence-corrected chi connectivity index (χ2v) is 6.03. The molecule has 0 rings (SSSR count). The predicted molar refractivity (Wildman–Crippen MR) is 68.7 cm³/mol. The number of hydrogen-bond donors (Lipinski definition) is 1. The van der Waals surface area contributed by atoms with Crippen LogP contribution in [0.5, 0.6) is 0 Å². The van der Waals surface area contributed by atoms with E-state index in [9.17, 15) is 13.2 Å². The Morgan fingerprint density at radius 3 is 2.39 bits per heavy atom. The van der Waals surface area contributed by atoms with Gasteiger partial charge < -0.3 is 9.47 Å². The number of rotatable bonds is 9. The number of hydrogen-bond acceptors (Lipinski definition) is 5. The van der Waals surface area contributed by atoms with Crippen molar-refractivity contribution in [2.45, 2.75) is 39.2 Å². The third kappa shape index (κ3) is 5.79. The molecule has 0 aliphatic rings. The third-order valence-electron chi connectivity index (χ3n) is 2.47. The first-order valence-corrected chi connectivity index (χ1v) is 7.64. The molecule has 7 heteroatoms. The Labute approximate surface area is 109 Å². The molecule has 18 heavy (non-hydrogen) atoms. The molecule has 6 nitrogen and oxygen atoms in total. The molecule has 0 aromatic heterocycles. The molecular formula is C11H23NO5S. The predicted octanol–water partition coefficient (Wildman–Crippen LogP) is 0.674. The van der Waals surface area contributed by atoms with Crippen LogP contribution in [-0.2, 0) is 24.3 Å². The summed E-state index contributed by atoms with van der Waals surface area (Å²) < 4.78 is 35.7. The summed E-state index contributed by atoms with van der Waals surface area (Å²) in [5.74, 6) is -0.749. The first-order chi connectivity index (χ1) is 8.31. The fourth-order valence-corrected chi connectivity index (χ4v) is 2.94. The summed E-state index contributed by atoms with van der Waals surface area (Å²) in [5, 5.41) is 0. The van der Waals surface area contributed by atoms with Crippen LogP contribution in [0.2, 0.25) is 0 Å². The number of esters is 1. The lowest BCUT2D eigenvalue weighted by atomic mass is 9.98. The van der Waals surface area contributed by atoms with Crippen molar-refractivity contribution in [2.75, 3.05) is 26.1 Å². The number of sulfonamides is 1. The number of nitrogens with one attached hydrogen (secondary N) is 1. The fraction of sp³-hybridized carbons (Fsp3) is 0.909. The van der Waals surface area contributed by atoms with Crippen molar-refractivity contribution in [3.63, 3.8) is 0 Å². The van der Waals surface area contributed by atoms with E-state index in [1.807, 2.05) is 6.92 Å². The Kier molecular flexibility index (Phi) is 7.42. The van der Waals surface area contributed by atoms with E-state index < -0.39 is 21.5 Å². The molecule has 0 aromatic carbocycles. The van der Waals surface area contributed by atoms with E-state index in [4.69, 9.17) is 4.74 Å². The number of methoxy groups -OCH3 is 1. The second-order valence-electron chi connectivity index (χ2n) is 4.19. The van der Waals surface area contributed by atoms with Crippen LogP contribution in [0.4, 0.5) is 0 Å². The topological polar surface area (TPSA) is 81.7 Å². The van der Waals surface area contributed by atoms with Gasteiger partial charge in [0.25, 0.3) is 0 Å². The first kappa shape index (κ1) is 17.3. The van der Waals surface area contributed by atoms with Crippen LogP contribution in [0.15, 0.2) is 0 Å². The normalized spacial score (nSPS) is 15.1. The monoisotopic (exact) mass is 281 g/mol. The molecule has 0 bridgehead atoms. The Morgan fingerprint density at radius 1 is 1.33 bits per heavy atom. The summed E-state index contributed by atoms with van der Waals surface area (Å²) in [7, 11) is -2.32. The minimum atomic E-state index is -3.56. The van der Waals surface area contributed by atoms with Crippen LogP contribution in [0.25, 0.3) is 0 Å². The summed E-state index contributed by atoms with van der Waals surface area (Å²) in [6.45, 7) is 5.75. The zero-order valence-electron chi connectivity index (χ0n) is 11.5. The standard InChI is InChI=1S/C11H23NO5S/c1-5-7-11(3,10(13)16-4)12-18(14,15)9-8-17-6-2/h12H,5-9H2,1-4H3. The lowest BCUT2D eigenvalue weighted by molar-refractivity contribution is -0.147. The molecule has 0 aliphatic carbocycles. The number of carbonyl (C=O) groups excluding carboxylic acids is 1. The Morgan fingerprint density at radius 2 is 1.94 bits per heavy atom. The van der Waals surface area contributed by atoms with Crippen molar-refractivity contribution in [1.82, 2.24) is 4.72 Å². The van der Waals surface area contributed by atoms with Gasteiger partial charge >= 0.3 is 5.97 Å². The van der Waals surface area contributed by atoms with Gasteiger partial charge in [-0.1, -0.05) is 13.3 Å². The number of carbonyl (C=O) groups is 1. The van der Waals surface area contributed by atoms with E-state index in [-0.39, 0.29) is 12.4 Å². The maximum Gasteiger partial charge on any atom is 0.326 e. The van der Waals surface area contributed by atoms with Crippen LogP contribution >= 0.6 is 0 Å². The summed E-state index contributed by atoms with van der Waals surface area (Å²) in [6, 6.07) is 0. The van der Waals surface area contributed by atoms with Gasteiger partial charge in [0.2, 0.25) is 10.0 Å². The van der Waals surface area contributed by atoms with Crippen molar-refractivity contribution in [3.05, 3.63) is 0 Å². The largest absolute Gasteiger partial charge is 0.468 e. The Bertz CT molecular complexity index is 354. The molecule has 0 saturated heterocycles. The fourth-order valence-electron chi connectivity index (χ4n) is 1.63. The minimum absolute atomic E-state index is 0.106. The van der Waals surface area contributed by atoms with Crippen molar-refractivity contribution in [1.29, 1.82) is 0 Å². The van der Waals surface area contributed by atoms with Crippen molar-refractivity contribution < 1.29 is 22.7 Å². The molecule has 0 radical (unpaired) electrons. The van der Waals surface area contributed by atoms with Gasteiger partial charge in [0.05, 0.1) is 19.5 Å². The van der Waals surface area contributed by atoms with Crippen LogP contribution in [-0.4, -0.2) is 46.0 Å². The third-order valence-corrected chi connectivity index (χ3v) is 3.93. The van der Waals surface area contributed by atoms with E-state index in [1.165, 1.54) is 14.0 Å². The highest BCUT2D eigenvalue weighted by Crippen LogP contribution is 2.15. The van der Waals surface area contributed by atoms with Crippen molar-refractivity contribution >= 4 is 16.0 Å². The Hall–Kier alpha value is -0.660. The molecule has 108 valence electrons. The summed E-state index contributed by atoms with van der Waals surface area (Å²) in [4.78, 5) is 11.7. The van der Waals surface area contributed by atoms with Crippen LogP contribution < -0.4 is 4.72 Å². The molecular weight excluding hydrogens is 258 g/mol. The lowest BCUT2D eigenvalue weighted by Crippen LogP contribution is -2.53. The molecule has 0 spiro atoms. The smallest absolute Gasteiger partial charge is 0.326 e. The van der Waals surface area contributed by atoms with Gasteiger partial charge in [0.1, 0.15) is 5.54 Å². The van der Waals surface area contributed by atoms with Crippen LogP contribution in [0.3, 0.4) is 0 Å². The quantitative estimate of drug-likeness (QED) is 0.496. The molecule has 0 aliphatic heterocycles. The average molecular weight is 281 g/mol. The lowest BCUT2D eigenvalue weighted by Gasteiger charge is -2.27. The molecule has 0 heterocycles. The summed E-state index contributed by atoms with van der Waals surface area (Å²) in [6.07, 6.45) is 1.05. The van der Waals surface area contributed by atoms with E-state index in [1.54, 1.807) is 6.92 Å². The van der Waals surface area contributed by atoms with E-state index >= 15 is 0 Å². The highest BCUT2D eigenvalue weighted by atomic mass is 32.2. The zero-order valence-corrected chi connectivity index (χ0v) is 12.3. The van der Waals surface area contributed by atoms with Crippen molar-refractivity contribution in [3.8, 4) is 0 Å². The molecule has 0 saturated carbocycles. The van der Waals surface area contributed by atoms with E-state index in [0.717, 1.165) is 0 Å². The van der Waals surface area contributed by atoms with Gasteiger partial charge in [0.15, 0.2) is 0 Å². The van der Waals surface area contributed by atoms with Crippen LogP contribution in [0.1, 0.15) is 33.6 Å². The van der Waals surface area contributed by atoms with Crippen molar-refractivity contribution in [2.24, 2.45) is 0 Å². The maximum absolute atomic E-state index is 11.8. The van der Waals surface area contributed by atoms with E-state index in [2.05, 4.69) is 9.46 Å². The molecule has 1 unspecified atom stereocenters. The molecule has 1 N–H and O–H groups in total. The molecule has 1 atom stereocenters. The molecule has 0 fully saturated rings. The van der Waals surface area contributed by atoms with Gasteiger partial charge in [-0.05, 0) is 20.3 Å². The summed E-state index contributed by atoms with van der Waals surface area (Å²) >= 11 is 0. The zero-order chi connectivity index (χ0) is 14.2. The average Bonchev–Trinajstić information content (AvgIpc) is 2.27. The molecule has 0 amide bonds. The highest BCUT2D eigenvalue weighted by Gasteiger charge is 2.37. The van der Waals surface area contributed by atoms with Gasteiger partial charge in [-0.3, -0.25) is 4.79 Å². The van der Waals surface area contributed by atoms with Gasteiger partial charge in [-0.25, -0.2) is 8.42 Å². The van der Waals surface area contributed by atoms with Gasteiger partial charge in [-0.2, -0.15) is 4.72 Å². The van der Waals surface area contributed by atoms with Gasteiger partial charge in [-0.15, -0.1) is 0 Å².